The first kappa shape index (κ1) is 13.9. The van der Waals surface area contributed by atoms with Gasteiger partial charge in [-0.05, 0) is 39.2 Å². The van der Waals surface area contributed by atoms with Crippen molar-refractivity contribution in [1.82, 2.24) is 20.3 Å². The predicted molar refractivity (Wildman–Crippen MR) is 76.6 cm³/mol. The average molecular weight is 288 g/mol. The molecular weight excluding hydrogens is 268 g/mol. The molecule has 1 saturated heterocycles. The molecule has 0 spiro atoms. The smallest absolute Gasteiger partial charge is 0.227 e. The van der Waals surface area contributed by atoms with E-state index in [1.165, 1.54) is 0 Å². The Morgan fingerprint density at radius 1 is 1.48 bits per heavy atom. The molecule has 112 valence electrons. The molecule has 0 aromatic carbocycles. The van der Waals surface area contributed by atoms with Crippen LogP contribution < -0.4 is 0 Å². The number of piperidine rings is 1. The van der Waals surface area contributed by atoms with Crippen LogP contribution in [0.15, 0.2) is 16.8 Å². The largest absolute Gasteiger partial charge is 0.361 e. The quantitative estimate of drug-likeness (QED) is 0.940. The highest BCUT2D eigenvalue weighted by atomic mass is 16.5. The number of aryl methyl sites for hydroxylation is 2. The fraction of sp³-hybridized carbons (Fsp3) is 0.533. The van der Waals surface area contributed by atoms with Gasteiger partial charge in [0.25, 0.3) is 0 Å². The molecule has 1 atom stereocenters. The molecule has 2 aromatic rings. The standard InChI is InChI=1S/C15H20N4O2/c1-10-12(11(2)21-18-10)9-15(20)19-8-4-3-5-14(19)13-6-7-16-17-13/h6-7,14H,3-5,8-9H2,1-2H3,(H,16,17). The van der Waals surface area contributed by atoms with Gasteiger partial charge in [-0.3, -0.25) is 9.89 Å². The van der Waals surface area contributed by atoms with Gasteiger partial charge in [0.15, 0.2) is 0 Å². The van der Waals surface area contributed by atoms with Gasteiger partial charge in [-0.15, -0.1) is 0 Å². The van der Waals surface area contributed by atoms with Gasteiger partial charge in [0, 0.05) is 18.3 Å². The second-order valence-corrected chi connectivity index (χ2v) is 5.59. The molecule has 1 N–H and O–H groups in total. The fourth-order valence-corrected chi connectivity index (χ4v) is 3.01. The van der Waals surface area contributed by atoms with E-state index in [2.05, 4.69) is 15.4 Å². The number of rotatable bonds is 3. The molecule has 6 heteroatoms. The van der Waals surface area contributed by atoms with E-state index in [-0.39, 0.29) is 11.9 Å². The van der Waals surface area contributed by atoms with Crippen LogP contribution in [0.1, 0.15) is 48.0 Å². The summed E-state index contributed by atoms with van der Waals surface area (Å²) in [6.45, 7) is 4.53. The second kappa shape index (κ2) is 5.71. The molecule has 2 aromatic heterocycles. The van der Waals surface area contributed by atoms with Gasteiger partial charge in [0.2, 0.25) is 5.91 Å². The SMILES string of the molecule is Cc1noc(C)c1CC(=O)N1CCCCC1c1ccn[nH]1. The lowest BCUT2D eigenvalue weighted by atomic mass is 9.98. The number of aromatic nitrogens is 3. The summed E-state index contributed by atoms with van der Waals surface area (Å²) in [6, 6.07) is 2.06. The Labute approximate surface area is 123 Å². The summed E-state index contributed by atoms with van der Waals surface area (Å²) in [7, 11) is 0. The molecule has 0 radical (unpaired) electrons. The van der Waals surface area contributed by atoms with Gasteiger partial charge in [0.1, 0.15) is 5.76 Å². The third-order valence-corrected chi connectivity index (χ3v) is 4.21. The highest BCUT2D eigenvalue weighted by Gasteiger charge is 2.29. The summed E-state index contributed by atoms with van der Waals surface area (Å²) >= 11 is 0. The van der Waals surface area contributed by atoms with Crippen LogP contribution in [0.3, 0.4) is 0 Å². The van der Waals surface area contributed by atoms with E-state index < -0.39 is 0 Å². The van der Waals surface area contributed by atoms with Gasteiger partial charge < -0.3 is 9.42 Å². The third kappa shape index (κ3) is 2.70. The summed E-state index contributed by atoms with van der Waals surface area (Å²) in [4.78, 5) is 14.7. The van der Waals surface area contributed by atoms with Crippen molar-refractivity contribution in [3.63, 3.8) is 0 Å². The number of hydrogen-bond donors (Lipinski definition) is 1. The summed E-state index contributed by atoms with van der Waals surface area (Å²) < 4.78 is 5.15. The maximum absolute atomic E-state index is 12.7. The van der Waals surface area contributed by atoms with Gasteiger partial charge in [-0.1, -0.05) is 5.16 Å². The number of H-pyrrole nitrogens is 1. The van der Waals surface area contributed by atoms with Crippen LogP contribution in [0.2, 0.25) is 0 Å². The molecule has 0 bridgehead atoms. The van der Waals surface area contributed by atoms with Crippen molar-refractivity contribution in [2.45, 2.75) is 45.6 Å². The normalized spacial score (nSPS) is 19.0. The zero-order valence-corrected chi connectivity index (χ0v) is 12.4. The molecule has 0 aliphatic carbocycles. The van der Waals surface area contributed by atoms with Crippen LogP contribution in [0.4, 0.5) is 0 Å². The number of hydrogen-bond acceptors (Lipinski definition) is 4. The van der Waals surface area contributed by atoms with Crippen LogP contribution in [0, 0.1) is 13.8 Å². The molecule has 6 nitrogen and oxygen atoms in total. The van der Waals surface area contributed by atoms with Gasteiger partial charge in [-0.2, -0.15) is 5.10 Å². The van der Waals surface area contributed by atoms with E-state index >= 15 is 0 Å². The van der Waals surface area contributed by atoms with Gasteiger partial charge >= 0.3 is 0 Å². The molecule has 21 heavy (non-hydrogen) atoms. The Morgan fingerprint density at radius 3 is 3.00 bits per heavy atom. The van der Waals surface area contributed by atoms with E-state index in [0.717, 1.165) is 48.5 Å². The number of carbonyl (C=O) groups excluding carboxylic acids is 1. The zero-order chi connectivity index (χ0) is 14.8. The lowest BCUT2D eigenvalue weighted by Gasteiger charge is -2.35. The summed E-state index contributed by atoms with van der Waals surface area (Å²) in [5, 5.41) is 10.9. The minimum Gasteiger partial charge on any atom is -0.361 e. The van der Waals surface area contributed by atoms with E-state index in [1.807, 2.05) is 24.8 Å². The Morgan fingerprint density at radius 2 is 2.33 bits per heavy atom. The zero-order valence-electron chi connectivity index (χ0n) is 12.4. The highest BCUT2D eigenvalue weighted by Crippen LogP contribution is 2.30. The van der Waals surface area contributed by atoms with Crippen LogP contribution in [-0.2, 0) is 11.2 Å². The molecule has 3 heterocycles. The van der Waals surface area contributed by atoms with Crippen molar-refractivity contribution in [1.29, 1.82) is 0 Å². The highest BCUT2D eigenvalue weighted by molar-refractivity contribution is 5.79. The van der Waals surface area contributed by atoms with E-state index in [0.29, 0.717) is 6.42 Å². The third-order valence-electron chi connectivity index (χ3n) is 4.21. The molecule has 0 saturated carbocycles. The van der Waals surface area contributed by atoms with Crippen molar-refractivity contribution < 1.29 is 9.32 Å². The minimum absolute atomic E-state index is 0.106. The lowest BCUT2D eigenvalue weighted by Crippen LogP contribution is -2.39. The first-order chi connectivity index (χ1) is 10.2. The first-order valence-corrected chi connectivity index (χ1v) is 7.37. The van der Waals surface area contributed by atoms with Crippen LogP contribution in [0.5, 0.6) is 0 Å². The monoisotopic (exact) mass is 288 g/mol. The van der Waals surface area contributed by atoms with Crippen molar-refractivity contribution in [3.8, 4) is 0 Å². The van der Waals surface area contributed by atoms with Crippen LogP contribution >= 0.6 is 0 Å². The predicted octanol–water partition coefficient (Wildman–Crippen LogP) is 2.31. The number of nitrogens with one attached hydrogen (secondary N) is 1. The number of amides is 1. The van der Waals surface area contributed by atoms with Gasteiger partial charge in [-0.25, -0.2) is 0 Å². The Hall–Kier alpha value is -2.11. The molecule has 1 aliphatic heterocycles. The van der Waals surface area contributed by atoms with Crippen molar-refractivity contribution in [2.24, 2.45) is 0 Å². The molecule has 1 unspecified atom stereocenters. The molecule has 1 amide bonds. The number of nitrogens with zero attached hydrogens (tertiary/aromatic N) is 3. The first-order valence-electron chi connectivity index (χ1n) is 7.37. The molecular formula is C15H20N4O2. The molecule has 1 fully saturated rings. The van der Waals surface area contributed by atoms with E-state index in [4.69, 9.17) is 4.52 Å². The second-order valence-electron chi connectivity index (χ2n) is 5.59. The summed E-state index contributed by atoms with van der Waals surface area (Å²) in [6.07, 6.45) is 5.26. The summed E-state index contributed by atoms with van der Waals surface area (Å²) in [5.74, 6) is 0.861. The van der Waals surface area contributed by atoms with E-state index in [1.54, 1.807) is 6.20 Å². The van der Waals surface area contributed by atoms with Crippen molar-refractivity contribution in [2.75, 3.05) is 6.54 Å². The number of likely N-dealkylation sites (tertiary alicyclic amines) is 1. The molecule has 3 rings (SSSR count). The van der Waals surface area contributed by atoms with Gasteiger partial charge in [0.05, 0.1) is 23.9 Å². The van der Waals surface area contributed by atoms with E-state index in [9.17, 15) is 4.79 Å². The number of carbonyl (C=O) groups is 1. The Bertz CT molecular complexity index is 598. The Kier molecular flexibility index (Phi) is 3.77. The maximum Gasteiger partial charge on any atom is 0.227 e. The van der Waals surface area contributed by atoms with Crippen molar-refractivity contribution in [3.05, 3.63) is 35.0 Å². The average Bonchev–Trinajstić information content (AvgIpc) is 3.13. The Balaban J connectivity index is 1.79. The lowest BCUT2D eigenvalue weighted by molar-refractivity contribution is -0.134. The summed E-state index contributed by atoms with van der Waals surface area (Å²) in [5.41, 5.74) is 2.73. The maximum atomic E-state index is 12.7. The van der Waals surface area contributed by atoms with Crippen LogP contribution in [0.25, 0.3) is 0 Å². The van der Waals surface area contributed by atoms with Crippen molar-refractivity contribution >= 4 is 5.91 Å². The topological polar surface area (TPSA) is 75.0 Å². The molecule has 1 aliphatic rings. The van der Waals surface area contributed by atoms with Crippen LogP contribution in [-0.4, -0.2) is 32.7 Å². The number of aromatic amines is 1. The fourth-order valence-electron chi connectivity index (χ4n) is 3.01. The minimum atomic E-state index is 0.106.